The molecule has 0 fully saturated rings. The highest BCUT2D eigenvalue weighted by molar-refractivity contribution is 6.30. The zero-order valence-electron chi connectivity index (χ0n) is 10.9. The minimum absolute atomic E-state index is 0.0178. The molecule has 0 aliphatic carbocycles. The SMILES string of the molecule is O=C(O)CCCNC(=O)CCC(=O)c1ccc(Cl)cc1. The van der Waals surface area contributed by atoms with Crippen molar-refractivity contribution in [2.24, 2.45) is 0 Å². The summed E-state index contributed by atoms with van der Waals surface area (Å²) in [5.74, 6) is -1.27. The average molecular weight is 298 g/mol. The number of rotatable bonds is 8. The van der Waals surface area contributed by atoms with Crippen LogP contribution in [0.1, 0.15) is 36.0 Å². The molecule has 0 aliphatic rings. The van der Waals surface area contributed by atoms with E-state index in [1.165, 1.54) is 0 Å². The summed E-state index contributed by atoms with van der Waals surface area (Å²) in [6.07, 6.45) is 0.608. The number of hydrogen-bond donors (Lipinski definition) is 2. The lowest BCUT2D eigenvalue weighted by atomic mass is 10.1. The van der Waals surface area contributed by atoms with Gasteiger partial charge in [0.2, 0.25) is 5.91 Å². The first-order valence-electron chi connectivity index (χ1n) is 6.26. The van der Waals surface area contributed by atoms with Crippen LogP contribution in [-0.2, 0) is 9.59 Å². The lowest BCUT2D eigenvalue weighted by molar-refractivity contribution is -0.137. The van der Waals surface area contributed by atoms with Crippen LogP contribution in [0.5, 0.6) is 0 Å². The second kappa shape index (κ2) is 8.32. The first-order chi connectivity index (χ1) is 9.49. The molecule has 1 rings (SSSR count). The molecule has 0 radical (unpaired) electrons. The number of halogens is 1. The van der Waals surface area contributed by atoms with Crippen molar-refractivity contribution in [1.82, 2.24) is 5.32 Å². The van der Waals surface area contributed by atoms with Gasteiger partial charge < -0.3 is 10.4 Å². The van der Waals surface area contributed by atoms with Crippen molar-refractivity contribution in [3.05, 3.63) is 34.9 Å². The normalized spacial score (nSPS) is 10.1. The van der Waals surface area contributed by atoms with Crippen molar-refractivity contribution in [2.75, 3.05) is 6.54 Å². The quantitative estimate of drug-likeness (QED) is 0.569. The molecule has 0 aromatic heterocycles. The Hall–Kier alpha value is -1.88. The molecule has 6 heteroatoms. The number of carboxylic acid groups (broad SMARTS) is 1. The number of aliphatic carboxylic acids is 1. The van der Waals surface area contributed by atoms with E-state index < -0.39 is 5.97 Å². The number of ketones is 1. The van der Waals surface area contributed by atoms with Gasteiger partial charge in [-0.05, 0) is 30.7 Å². The first kappa shape index (κ1) is 16.2. The van der Waals surface area contributed by atoms with Gasteiger partial charge in [-0.15, -0.1) is 0 Å². The third-order valence-corrected chi connectivity index (χ3v) is 2.89. The monoisotopic (exact) mass is 297 g/mol. The third kappa shape index (κ3) is 6.33. The number of carbonyl (C=O) groups is 3. The van der Waals surface area contributed by atoms with Gasteiger partial charge in [-0.1, -0.05) is 11.6 Å². The highest BCUT2D eigenvalue weighted by atomic mass is 35.5. The number of carboxylic acids is 1. The molecule has 0 saturated carbocycles. The van der Waals surface area contributed by atoms with Crippen LogP contribution in [0.15, 0.2) is 24.3 Å². The van der Waals surface area contributed by atoms with Crippen molar-refractivity contribution in [3.8, 4) is 0 Å². The molecule has 108 valence electrons. The zero-order chi connectivity index (χ0) is 15.0. The molecule has 1 amide bonds. The van der Waals surface area contributed by atoms with Crippen molar-refractivity contribution in [3.63, 3.8) is 0 Å². The van der Waals surface area contributed by atoms with E-state index in [9.17, 15) is 14.4 Å². The largest absolute Gasteiger partial charge is 0.481 e. The minimum Gasteiger partial charge on any atom is -0.481 e. The van der Waals surface area contributed by atoms with Crippen LogP contribution in [0.4, 0.5) is 0 Å². The average Bonchev–Trinajstić information content (AvgIpc) is 2.41. The highest BCUT2D eigenvalue weighted by Crippen LogP contribution is 2.11. The topological polar surface area (TPSA) is 83.5 Å². The molecule has 1 aromatic carbocycles. The van der Waals surface area contributed by atoms with E-state index in [0.29, 0.717) is 23.6 Å². The maximum absolute atomic E-state index is 11.8. The van der Waals surface area contributed by atoms with Gasteiger partial charge in [0.1, 0.15) is 0 Å². The van der Waals surface area contributed by atoms with Gasteiger partial charge in [0, 0.05) is 36.4 Å². The lowest BCUT2D eigenvalue weighted by Gasteiger charge is -2.04. The van der Waals surface area contributed by atoms with E-state index in [4.69, 9.17) is 16.7 Å². The first-order valence-corrected chi connectivity index (χ1v) is 6.64. The van der Waals surface area contributed by atoms with Gasteiger partial charge in [0.25, 0.3) is 0 Å². The van der Waals surface area contributed by atoms with Crippen LogP contribution in [0, 0.1) is 0 Å². The maximum atomic E-state index is 11.8. The summed E-state index contributed by atoms with van der Waals surface area (Å²) in [6.45, 7) is 0.306. The zero-order valence-corrected chi connectivity index (χ0v) is 11.7. The molecule has 0 unspecified atom stereocenters. The Morgan fingerprint density at radius 1 is 1.05 bits per heavy atom. The molecule has 0 bridgehead atoms. The van der Waals surface area contributed by atoms with Crippen LogP contribution in [0.25, 0.3) is 0 Å². The second-order valence-corrected chi connectivity index (χ2v) is 4.71. The lowest BCUT2D eigenvalue weighted by Crippen LogP contribution is -2.25. The van der Waals surface area contributed by atoms with Gasteiger partial charge in [-0.3, -0.25) is 14.4 Å². The molecule has 1 aromatic rings. The van der Waals surface area contributed by atoms with E-state index in [1.807, 2.05) is 0 Å². The van der Waals surface area contributed by atoms with Crippen LogP contribution in [-0.4, -0.2) is 29.3 Å². The van der Waals surface area contributed by atoms with Gasteiger partial charge in [0.05, 0.1) is 0 Å². The summed E-state index contributed by atoms with van der Waals surface area (Å²) < 4.78 is 0. The summed E-state index contributed by atoms with van der Waals surface area (Å²) in [6, 6.07) is 6.49. The summed E-state index contributed by atoms with van der Waals surface area (Å²) in [5, 5.41) is 11.6. The predicted octanol–water partition coefficient (Wildman–Crippen LogP) is 2.28. The number of hydrogen-bond acceptors (Lipinski definition) is 3. The summed E-state index contributed by atoms with van der Waals surface area (Å²) in [7, 11) is 0. The third-order valence-electron chi connectivity index (χ3n) is 2.63. The van der Waals surface area contributed by atoms with Crippen molar-refractivity contribution in [2.45, 2.75) is 25.7 Å². The van der Waals surface area contributed by atoms with Gasteiger partial charge in [-0.2, -0.15) is 0 Å². The van der Waals surface area contributed by atoms with Crippen LogP contribution >= 0.6 is 11.6 Å². The second-order valence-electron chi connectivity index (χ2n) is 4.28. The van der Waals surface area contributed by atoms with Crippen molar-refractivity contribution < 1.29 is 19.5 Å². The van der Waals surface area contributed by atoms with Crippen LogP contribution in [0.3, 0.4) is 0 Å². The highest BCUT2D eigenvalue weighted by Gasteiger charge is 2.09. The Bertz CT molecular complexity index is 484. The van der Waals surface area contributed by atoms with Gasteiger partial charge in [0.15, 0.2) is 5.78 Å². The fraction of sp³-hybridized carbons (Fsp3) is 0.357. The molecule has 5 nitrogen and oxygen atoms in total. The van der Waals surface area contributed by atoms with Gasteiger partial charge >= 0.3 is 5.97 Å². The molecular weight excluding hydrogens is 282 g/mol. The Kier molecular flexibility index (Phi) is 6.73. The molecule has 0 saturated heterocycles. The molecule has 0 heterocycles. The number of benzene rings is 1. The summed E-state index contributed by atoms with van der Waals surface area (Å²) in [5.41, 5.74) is 0.521. The van der Waals surface area contributed by atoms with E-state index >= 15 is 0 Å². The molecule has 0 aliphatic heterocycles. The van der Waals surface area contributed by atoms with E-state index in [0.717, 1.165) is 0 Å². The number of Topliss-reactive ketones (excluding diaryl/α,β-unsaturated/α-hetero) is 1. The molecule has 0 spiro atoms. The molecule has 2 N–H and O–H groups in total. The van der Waals surface area contributed by atoms with E-state index in [-0.39, 0.29) is 31.0 Å². The number of nitrogens with one attached hydrogen (secondary N) is 1. The standard InChI is InChI=1S/C14H16ClNO4/c15-11-5-3-10(4-6-11)12(17)7-8-13(18)16-9-1-2-14(19)20/h3-6H,1-2,7-9H2,(H,16,18)(H,19,20). The number of amides is 1. The molecule has 0 atom stereocenters. The summed E-state index contributed by atoms with van der Waals surface area (Å²) >= 11 is 5.72. The van der Waals surface area contributed by atoms with Crippen LogP contribution in [0.2, 0.25) is 5.02 Å². The fourth-order valence-corrected chi connectivity index (χ4v) is 1.69. The molecular formula is C14H16ClNO4. The predicted molar refractivity (Wildman–Crippen MR) is 74.9 cm³/mol. The van der Waals surface area contributed by atoms with E-state index in [2.05, 4.69) is 5.32 Å². The smallest absolute Gasteiger partial charge is 0.303 e. The van der Waals surface area contributed by atoms with E-state index in [1.54, 1.807) is 24.3 Å². The Balaban J connectivity index is 2.25. The molecule has 20 heavy (non-hydrogen) atoms. The summed E-state index contributed by atoms with van der Waals surface area (Å²) in [4.78, 5) is 33.5. The number of carbonyl (C=O) groups excluding carboxylic acids is 2. The van der Waals surface area contributed by atoms with Crippen LogP contribution < -0.4 is 5.32 Å². The van der Waals surface area contributed by atoms with Gasteiger partial charge in [-0.25, -0.2) is 0 Å². The van der Waals surface area contributed by atoms with Crippen molar-refractivity contribution >= 4 is 29.3 Å². The fourth-order valence-electron chi connectivity index (χ4n) is 1.56. The Morgan fingerprint density at radius 2 is 1.70 bits per heavy atom. The minimum atomic E-state index is -0.892. The Morgan fingerprint density at radius 3 is 2.30 bits per heavy atom. The van der Waals surface area contributed by atoms with Crippen molar-refractivity contribution in [1.29, 1.82) is 0 Å². The Labute approximate surface area is 121 Å². The maximum Gasteiger partial charge on any atom is 0.303 e.